The van der Waals surface area contributed by atoms with E-state index in [-0.39, 0.29) is 6.04 Å². The fourth-order valence-electron chi connectivity index (χ4n) is 0.370. The lowest BCUT2D eigenvalue weighted by Crippen LogP contribution is -2.04. The first-order valence-corrected chi connectivity index (χ1v) is 3.17. The molecule has 0 aromatic carbocycles. The minimum absolute atomic E-state index is 0.0220. The molecule has 0 fully saturated rings. The van der Waals surface area contributed by atoms with Crippen molar-refractivity contribution in [2.45, 2.75) is 13.0 Å². The van der Waals surface area contributed by atoms with Crippen LogP contribution in [0.3, 0.4) is 0 Å². The number of hydrogen-bond acceptors (Lipinski definition) is 4. The summed E-state index contributed by atoms with van der Waals surface area (Å²) < 4.78 is 3.66. The van der Waals surface area contributed by atoms with Gasteiger partial charge in [-0.3, -0.25) is 0 Å². The second kappa shape index (κ2) is 2.19. The van der Waals surface area contributed by atoms with E-state index in [1.807, 2.05) is 12.3 Å². The van der Waals surface area contributed by atoms with Crippen molar-refractivity contribution in [2.24, 2.45) is 5.73 Å². The van der Waals surface area contributed by atoms with E-state index in [1.54, 1.807) is 0 Å². The van der Waals surface area contributed by atoms with Gasteiger partial charge in [0, 0.05) is 11.4 Å². The monoisotopic (exact) mass is 129 g/mol. The van der Waals surface area contributed by atoms with Gasteiger partial charge in [0.1, 0.15) is 0 Å². The second-order valence-electron chi connectivity index (χ2n) is 1.62. The average Bonchev–Trinajstić information content (AvgIpc) is 2.12. The zero-order chi connectivity index (χ0) is 5.98. The highest BCUT2D eigenvalue weighted by molar-refractivity contribution is 7.03. The van der Waals surface area contributed by atoms with Crippen molar-refractivity contribution in [3.63, 3.8) is 0 Å². The van der Waals surface area contributed by atoms with Crippen LogP contribution >= 0.6 is 11.5 Å². The van der Waals surface area contributed by atoms with Gasteiger partial charge in [0.2, 0.25) is 0 Å². The van der Waals surface area contributed by atoms with Gasteiger partial charge in [-0.15, -0.1) is 5.10 Å². The molecule has 1 heterocycles. The summed E-state index contributed by atoms with van der Waals surface area (Å²) in [6.45, 7) is 1.89. The van der Waals surface area contributed by atoms with Crippen LogP contribution in [-0.2, 0) is 0 Å². The molecule has 0 aliphatic carbocycles. The van der Waals surface area contributed by atoms with Crippen molar-refractivity contribution in [1.29, 1.82) is 0 Å². The molecule has 44 valence electrons. The lowest BCUT2D eigenvalue weighted by Gasteiger charge is -1.93. The molecule has 4 heteroatoms. The molecule has 0 saturated carbocycles. The fourth-order valence-corrected chi connectivity index (χ4v) is 0.929. The highest BCUT2D eigenvalue weighted by Gasteiger charge is 1.99. The Bertz CT molecular complexity index is 146. The molecular weight excluding hydrogens is 122 g/mol. The lowest BCUT2D eigenvalue weighted by molar-refractivity contribution is 0.773. The summed E-state index contributed by atoms with van der Waals surface area (Å²) in [7, 11) is 0. The van der Waals surface area contributed by atoms with Crippen molar-refractivity contribution in [2.75, 3.05) is 0 Å². The summed E-state index contributed by atoms with van der Waals surface area (Å²) in [5.74, 6) is 0. The van der Waals surface area contributed by atoms with Crippen molar-refractivity contribution < 1.29 is 0 Å². The van der Waals surface area contributed by atoms with E-state index in [9.17, 15) is 0 Å². The first-order chi connectivity index (χ1) is 3.80. The van der Waals surface area contributed by atoms with E-state index in [2.05, 4.69) is 9.59 Å². The quantitative estimate of drug-likeness (QED) is 0.602. The summed E-state index contributed by atoms with van der Waals surface area (Å²) in [5, 5.41) is 5.61. The first kappa shape index (κ1) is 5.65. The summed E-state index contributed by atoms with van der Waals surface area (Å²) >= 11 is 1.33. The highest BCUT2D eigenvalue weighted by Crippen LogP contribution is 2.04. The highest BCUT2D eigenvalue weighted by atomic mass is 32.1. The number of hydrogen-bond donors (Lipinski definition) is 1. The van der Waals surface area contributed by atoms with Crippen LogP contribution in [-0.4, -0.2) is 9.59 Å². The van der Waals surface area contributed by atoms with Crippen LogP contribution < -0.4 is 5.73 Å². The molecule has 0 bridgehead atoms. The molecule has 3 nitrogen and oxygen atoms in total. The van der Waals surface area contributed by atoms with Gasteiger partial charge < -0.3 is 5.73 Å². The summed E-state index contributed by atoms with van der Waals surface area (Å²) in [4.78, 5) is 0. The Morgan fingerprint density at radius 2 is 2.62 bits per heavy atom. The molecule has 0 amide bonds. The Hall–Kier alpha value is -0.480. The van der Waals surface area contributed by atoms with E-state index in [4.69, 9.17) is 5.73 Å². The predicted molar refractivity (Wildman–Crippen MR) is 32.5 cm³/mol. The summed E-state index contributed by atoms with van der Waals surface area (Å²) in [5.41, 5.74) is 6.33. The molecule has 0 spiro atoms. The lowest BCUT2D eigenvalue weighted by atomic mass is 10.3. The molecule has 1 aromatic rings. The zero-order valence-electron chi connectivity index (χ0n) is 4.53. The maximum absolute atomic E-state index is 5.46. The number of nitrogens with zero attached hydrogens (tertiary/aromatic N) is 2. The van der Waals surface area contributed by atoms with Crippen molar-refractivity contribution in [1.82, 2.24) is 9.59 Å². The van der Waals surface area contributed by atoms with E-state index < -0.39 is 0 Å². The largest absolute Gasteiger partial charge is 0.323 e. The third-order valence-electron chi connectivity index (χ3n) is 0.843. The fraction of sp³-hybridized carbons (Fsp3) is 0.500. The molecule has 0 saturated heterocycles. The van der Waals surface area contributed by atoms with Crippen molar-refractivity contribution in [3.8, 4) is 0 Å². The van der Waals surface area contributed by atoms with Crippen LogP contribution in [0, 0.1) is 0 Å². The Balaban J connectivity index is 2.77. The third-order valence-corrected chi connectivity index (χ3v) is 1.37. The Morgan fingerprint density at radius 3 is 2.88 bits per heavy atom. The van der Waals surface area contributed by atoms with Gasteiger partial charge in [-0.05, 0) is 18.5 Å². The molecule has 1 rings (SSSR count). The topological polar surface area (TPSA) is 51.8 Å². The maximum atomic E-state index is 5.46. The number of rotatable bonds is 1. The SMILES string of the molecule is C[C@H](N)c1csnn1. The Morgan fingerprint density at radius 1 is 1.88 bits per heavy atom. The van der Waals surface area contributed by atoms with Gasteiger partial charge in [0.25, 0.3) is 0 Å². The number of aromatic nitrogens is 2. The van der Waals surface area contributed by atoms with Crippen LogP contribution in [0.2, 0.25) is 0 Å². The van der Waals surface area contributed by atoms with E-state index >= 15 is 0 Å². The van der Waals surface area contributed by atoms with E-state index in [1.165, 1.54) is 11.5 Å². The van der Waals surface area contributed by atoms with E-state index in [0.29, 0.717) is 0 Å². The van der Waals surface area contributed by atoms with E-state index in [0.717, 1.165) is 5.69 Å². The average molecular weight is 129 g/mol. The minimum Gasteiger partial charge on any atom is -0.323 e. The van der Waals surface area contributed by atoms with Crippen LogP contribution in [0.5, 0.6) is 0 Å². The third kappa shape index (κ3) is 1.02. The van der Waals surface area contributed by atoms with Crippen LogP contribution in [0.1, 0.15) is 18.7 Å². The molecule has 8 heavy (non-hydrogen) atoms. The molecule has 0 radical (unpaired) electrons. The smallest absolute Gasteiger partial charge is 0.0919 e. The standard InChI is InChI=1S/C4H7N3S/c1-3(5)4-2-8-7-6-4/h2-3H,5H2,1H3/t3-/m0/s1. The summed E-state index contributed by atoms with van der Waals surface area (Å²) in [6.07, 6.45) is 0. The van der Waals surface area contributed by atoms with Gasteiger partial charge >= 0.3 is 0 Å². The van der Waals surface area contributed by atoms with Crippen molar-refractivity contribution >= 4 is 11.5 Å². The minimum atomic E-state index is 0.0220. The molecule has 0 unspecified atom stereocenters. The van der Waals surface area contributed by atoms with Crippen LogP contribution in [0.15, 0.2) is 5.38 Å². The summed E-state index contributed by atoms with van der Waals surface area (Å²) in [6, 6.07) is 0.0220. The maximum Gasteiger partial charge on any atom is 0.0919 e. The molecule has 2 N–H and O–H groups in total. The molecule has 0 aliphatic rings. The molecular formula is C4H7N3S. The van der Waals surface area contributed by atoms with Gasteiger partial charge in [-0.1, -0.05) is 4.49 Å². The Kier molecular flexibility index (Phi) is 1.55. The van der Waals surface area contributed by atoms with Gasteiger partial charge in [-0.25, -0.2) is 0 Å². The normalized spacial score (nSPS) is 13.8. The molecule has 1 aromatic heterocycles. The Labute approximate surface area is 51.7 Å². The van der Waals surface area contributed by atoms with Crippen LogP contribution in [0.4, 0.5) is 0 Å². The van der Waals surface area contributed by atoms with Gasteiger partial charge in [-0.2, -0.15) is 0 Å². The zero-order valence-corrected chi connectivity index (χ0v) is 5.35. The van der Waals surface area contributed by atoms with Crippen molar-refractivity contribution in [3.05, 3.63) is 11.1 Å². The first-order valence-electron chi connectivity index (χ1n) is 2.33. The van der Waals surface area contributed by atoms with Gasteiger partial charge in [0.05, 0.1) is 5.69 Å². The molecule has 1 atom stereocenters. The number of nitrogens with two attached hydrogens (primary N) is 1. The van der Waals surface area contributed by atoms with Crippen LogP contribution in [0.25, 0.3) is 0 Å². The molecule has 0 aliphatic heterocycles. The van der Waals surface area contributed by atoms with Gasteiger partial charge in [0.15, 0.2) is 0 Å². The predicted octanol–water partition coefficient (Wildman–Crippen LogP) is 0.558. The second-order valence-corrected chi connectivity index (χ2v) is 2.23.